The van der Waals surface area contributed by atoms with Gasteiger partial charge in [-0.2, -0.15) is 0 Å². The van der Waals surface area contributed by atoms with Crippen molar-refractivity contribution in [3.8, 4) is 11.5 Å². The van der Waals surface area contributed by atoms with E-state index in [-0.39, 0.29) is 18.4 Å². The van der Waals surface area contributed by atoms with Gasteiger partial charge in [0.05, 0.1) is 6.54 Å². The number of amides is 2. The SMILES string of the molecule is O=C(CCc1ccccc1)NCC(=O)Nc1ccc2c(c1)OCCO2. The smallest absolute Gasteiger partial charge is 0.243 e. The molecule has 6 nitrogen and oxygen atoms in total. The van der Waals surface area contributed by atoms with Crippen LogP contribution in [-0.4, -0.2) is 31.6 Å². The molecule has 2 aromatic rings. The van der Waals surface area contributed by atoms with Crippen LogP contribution in [0.4, 0.5) is 5.69 Å². The van der Waals surface area contributed by atoms with Gasteiger partial charge in [0.25, 0.3) is 0 Å². The minimum atomic E-state index is -0.287. The Labute approximate surface area is 146 Å². The Bertz CT molecular complexity index is 746. The molecule has 2 aromatic carbocycles. The van der Waals surface area contributed by atoms with Crippen molar-refractivity contribution in [1.82, 2.24) is 5.32 Å². The van der Waals surface area contributed by atoms with E-state index in [2.05, 4.69) is 10.6 Å². The molecule has 0 radical (unpaired) electrons. The maximum absolute atomic E-state index is 12.0. The molecular weight excluding hydrogens is 320 g/mol. The fraction of sp³-hybridized carbons (Fsp3) is 0.263. The van der Waals surface area contributed by atoms with Gasteiger partial charge in [0.2, 0.25) is 11.8 Å². The van der Waals surface area contributed by atoms with Gasteiger partial charge in [-0.25, -0.2) is 0 Å². The Morgan fingerprint density at radius 1 is 0.920 bits per heavy atom. The zero-order chi connectivity index (χ0) is 17.5. The number of hydrogen-bond donors (Lipinski definition) is 2. The Balaban J connectivity index is 1.42. The van der Waals surface area contributed by atoms with E-state index in [9.17, 15) is 9.59 Å². The minimum Gasteiger partial charge on any atom is -0.486 e. The van der Waals surface area contributed by atoms with Crippen LogP contribution in [-0.2, 0) is 16.0 Å². The lowest BCUT2D eigenvalue weighted by Gasteiger charge is -2.19. The number of aryl methyl sites for hydroxylation is 1. The van der Waals surface area contributed by atoms with E-state index in [0.29, 0.717) is 43.2 Å². The Kier molecular flexibility index (Phi) is 5.51. The van der Waals surface area contributed by atoms with Crippen LogP contribution >= 0.6 is 0 Å². The van der Waals surface area contributed by atoms with E-state index in [1.807, 2.05) is 30.3 Å². The van der Waals surface area contributed by atoms with Gasteiger partial charge in [-0.15, -0.1) is 0 Å². The highest BCUT2D eigenvalue weighted by molar-refractivity contribution is 5.94. The molecule has 1 aliphatic rings. The van der Waals surface area contributed by atoms with Gasteiger partial charge in [-0.1, -0.05) is 30.3 Å². The van der Waals surface area contributed by atoms with Crippen molar-refractivity contribution in [3.63, 3.8) is 0 Å². The molecule has 0 unspecified atom stereocenters. The van der Waals surface area contributed by atoms with Crippen LogP contribution in [0.15, 0.2) is 48.5 Å². The molecule has 0 bridgehead atoms. The highest BCUT2D eigenvalue weighted by Crippen LogP contribution is 2.32. The molecule has 0 saturated carbocycles. The first-order valence-corrected chi connectivity index (χ1v) is 8.21. The number of ether oxygens (including phenoxy) is 2. The Morgan fingerprint density at radius 3 is 2.48 bits per heavy atom. The Morgan fingerprint density at radius 2 is 1.68 bits per heavy atom. The molecule has 2 N–H and O–H groups in total. The van der Waals surface area contributed by atoms with Crippen LogP contribution in [0.5, 0.6) is 11.5 Å². The predicted molar refractivity (Wildman–Crippen MR) is 93.8 cm³/mol. The molecule has 130 valence electrons. The largest absolute Gasteiger partial charge is 0.486 e. The van der Waals surface area contributed by atoms with Gasteiger partial charge in [-0.05, 0) is 24.1 Å². The van der Waals surface area contributed by atoms with E-state index < -0.39 is 0 Å². The summed E-state index contributed by atoms with van der Waals surface area (Å²) in [6.45, 7) is 0.942. The molecule has 0 fully saturated rings. The Hall–Kier alpha value is -3.02. The quantitative estimate of drug-likeness (QED) is 0.845. The van der Waals surface area contributed by atoms with Crippen LogP contribution in [0.1, 0.15) is 12.0 Å². The molecular formula is C19H20N2O4. The summed E-state index contributed by atoms with van der Waals surface area (Å²) < 4.78 is 10.9. The molecule has 2 amide bonds. The molecule has 1 heterocycles. The van der Waals surface area contributed by atoms with E-state index in [1.54, 1.807) is 18.2 Å². The fourth-order valence-corrected chi connectivity index (χ4v) is 2.50. The summed E-state index contributed by atoms with van der Waals surface area (Å²) in [4.78, 5) is 23.8. The van der Waals surface area contributed by atoms with Crippen LogP contribution in [0.2, 0.25) is 0 Å². The number of nitrogens with one attached hydrogen (secondary N) is 2. The minimum absolute atomic E-state index is 0.0674. The van der Waals surface area contributed by atoms with Gasteiger partial charge < -0.3 is 20.1 Å². The lowest BCUT2D eigenvalue weighted by atomic mass is 10.1. The highest BCUT2D eigenvalue weighted by Gasteiger charge is 2.13. The van der Waals surface area contributed by atoms with Crippen molar-refractivity contribution in [1.29, 1.82) is 0 Å². The summed E-state index contributed by atoms with van der Waals surface area (Å²) in [5, 5.41) is 5.36. The highest BCUT2D eigenvalue weighted by atomic mass is 16.6. The van der Waals surface area contributed by atoms with Crippen LogP contribution in [0.25, 0.3) is 0 Å². The second-order valence-electron chi connectivity index (χ2n) is 5.67. The van der Waals surface area contributed by atoms with E-state index in [1.165, 1.54) is 0 Å². The lowest BCUT2D eigenvalue weighted by molar-refractivity contribution is -0.124. The molecule has 6 heteroatoms. The predicted octanol–water partition coefficient (Wildman–Crippen LogP) is 2.15. The zero-order valence-electron chi connectivity index (χ0n) is 13.8. The van der Waals surface area contributed by atoms with Crippen molar-refractivity contribution >= 4 is 17.5 Å². The first-order valence-electron chi connectivity index (χ1n) is 8.21. The summed E-state index contributed by atoms with van der Waals surface area (Å²) in [5.74, 6) is 0.834. The molecule has 3 rings (SSSR count). The van der Waals surface area contributed by atoms with E-state index in [4.69, 9.17) is 9.47 Å². The van der Waals surface area contributed by atoms with Crippen LogP contribution < -0.4 is 20.1 Å². The molecule has 0 aromatic heterocycles. The third kappa shape index (κ3) is 4.97. The summed E-state index contributed by atoms with van der Waals surface area (Å²) in [7, 11) is 0. The van der Waals surface area contributed by atoms with Crippen molar-refractivity contribution in [3.05, 3.63) is 54.1 Å². The standard InChI is InChI=1S/C19H20N2O4/c22-18(9-6-14-4-2-1-3-5-14)20-13-19(23)21-15-7-8-16-17(12-15)25-11-10-24-16/h1-5,7-8,12H,6,9-11,13H2,(H,20,22)(H,21,23). The summed E-state index contributed by atoms with van der Waals surface area (Å²) in [5.41, 5.74) is 1.70. The third-order valence-electron chi connectivity index (χ3n) is 3.76. The van der Waals surface area contributed by atoms with Crippen molar-refractivity contribution in [2.75, 3.05) is 25.1 Å². The normalized spacial score (nSPS) is 12.3. The summed E-state index contributed by atoms with van der Waals surface area (Å²) in [6.07, 6.45) is 0.998. The number of carbonyl (C=O) groups excluding carboxylic acids is 2. The molecule has 0 spiro atoms. The van der Waals surface area contributed by atoms with Crippen LogP contribution in [0.3, 0.4) is 0 Å². The van der Waals surface area contributed by atoms with Crippen LogP contribution in [0, 0.1) is 0 Å². The maximum atomic E-state index is 12.0. The third-order valence-corrected chi connectivity index (χ3v) is 3.76. The van der Waals surface area contributed by atoms with Gasteiger partial charge in [0.15, 0.2) is 11.5 Å². The van der Waals surface area contributed by atoms with Gasteiger partial charge in [-0.3, -0.25) is 9.59 Å². The lowest BCUT2D eigenvalue weighted by Crippen LogP contribution is -2.33. The van der Waals surface area contributed by atoms with Gasteiger partial charge in [0.1, 0.15) is 13.2 Å². The average molecular weight is 340 g/mol. The number of benzene rings is 2. The zero-order valence-corrected chi connectivity index (χ0v) is 13.8. The molecule has 25 heavy (non-hydrogen) atoms. The number of anilines is 1. The molecule has 0 aliphatic carbocycles. The van der Waals surface area contributed by atoms with Crippen molar-refractivity contribution in [2.24, 2.45) is 0 Å². The summed E-state index contributed by atoms with van der Waals surface area (Å²) in [6, 6.07) is 15.0. The fourth-order valence-electron chi connectivity index (χ4n) is 2.50. The molecule has 0 atom stereocenters. The second kappa shape index (κ2) is 8.19. The monoisotopic (exact) mass is 340 g/mol. The summed E-state index contributed by atoms with van der Waals surface area (Å²) >= 11 is 0. The molecule has 1 aliphatic heterocycles. The number of hydrogen-bond acceptors (Lipinski definition) is 4. The van der Waals surface area contributed by atoms with Crippen molar-refractivity contribution < 1.29 is 19.1 Å². The molecule has 0 saturated heterocycles. The average Bonchev–Trinajstić information content (AvgIpc) is 2.65. The maximum Gasteiger partial charge on any atom is 0.243 e. The van der Waals surface area contributed by atoms with Gasteiger partial charge >= 0.3 is 0 Å². The van der Waals surface area contributed by atoms with E-state index >= 15 is 0 Å². The first-order chi connectivity index (χ1) is 12.2. The second-order valence-corrected chi connectivity index (χ2v) is 5.67. The van der Waals surface area contributed by atoms with E-state index in [0.717, 1.165) is 5.56 Å². The first kappa shape index (κ1) is 16.8. The number of rotatable bonds is 6. The van der Waals surface area contributed by atoms with Gasteiger partial charge in [0, 0.05) is 18.2 Å². The number of fused-ring (bicyclic) bond motifs is 1. The topological polar surface area (TPSA) is 76.7 Å². The number of carbonyl (C=O) groups is 2. The van der Waals surface area contributed by atoms with Crippen molar-refractivity contribution in [2.45, 2.75) is 12.8 Å².